The Morgan fingerprint density at radius 1 is 1.26 bits per heavy atom. The van der Waals surface area contributed by atoms with E-state index in [0.717, 1.165) is 49.8 Å². The molecule has 2 N–H and O–H groups in total. The molecule has 4 nitrogen and oxygen atoms in total. The van der Waals surface area contributed by atoms with Gasteiger partial charge in [-0.05, 0) is 49.8 Å². The van der Waals surface area contributed by atoms with Gasteiger partial charge in [-0.15, -0.1) is 0 Å². The number of alkyl halides is 1. The zero-order valence-corrected chi connectivity index (χ0v) is 13.6. The summed E-state index contributed by atoms with van der Waals surface area (Å²) >= 11 is 0. The predicted octanol–water partition coefficient (Wildman–Crippen LogP) is 3.65. The number of nitrogens with one attached hydrogen (secondary N) is 2. The van der Waals surface area contributed by atoms with Gasteiger partial charge in [-0.25, -0.2) is 9.18 Å². The van der Waals surface area contributed by atoms with Gasteiger partial charge >= 0.3 is 6.03 Å². The standard InChI is InChI=1S/C18H25FN2O2/c1-23-14-7-4-6-13(12-14)18(10-5-11-18)21-17(22)20-16-9-3-2-8-15(16)19/h4,6-7,12,15-16H,2-3,5,8-11H2,1H3,(H2,20,21,22)/t15-,16-/m1/s1. The minimum atomic E-state index is -0.927. The van der Waals surface area contributed by atoms with Crippen LogP contribution >= 0.6 is 0 Å². The van der Waals surface area contributed by atoms with E-state index in [-0.39, 0.29) is 17.6 Å². The van der Waals surface area contributed by atoms with Crippen molar-refractivity contribution >= 4 is 6.03 Å². The average molecular weight is 320 g/mol. The number of ether oxygens (including phenoxy) is 1. The van der Waals surface area contributed by atoms with Gasteiger partial charge < -0.3 is 15.4 Å². The second-order valence-corrected chi connectivity index (χ2v) is 6.67. The zero-order valence-electron chi connectivity index (χ0n) is 13.6. The summed E-state index contributed by atoms with van der Waals surface area (Å²) in [6, 6.07) is 7.20. The summed E-state index contributed by atoms with van der Waals surface area (Å²) in [6.45, 7) is 0. The molecule has 2 saturated carbocycles. The summed E-state index contributed by atoms with van der Waals surface area (Å²) in [4.78, 5) is 12.4. The predicted molar refractivity (Wildman–Crippen MR) is 87.3 cm³/mol. The van der Waals surface area contributed by atoms with Crippen LogP contribution in [0, 0.1) is 0 Å². The molecule has 1 aromatic rings. The first-order valence-electron chi connectivity index (χ1n) is 8.50. The monoisotopic (exact) mass is 320 g/mol. The van der Waals surface area contributed by atoms with Gasteiger partial charge in [-0.3, -0.25) is 0 Å². The lowest BCUT2D eigenvalue weighted by Crippen LogP contribution is -2.57. The molecule has 0 spiro atoms. The van der Waals surface area contributed by atoms with Gasteiger partial charge in [-0.1, -0.05) is 25.0 Å². The highest BCUT2D eigenvalue weighted by Crippen LogP contribution is 2.42. The van der Waals surface area contributed by atoms with Crippen LogP contribution in [-0.2, 0) is 5.54 Å². The Morgan fingerprint density at radius 3 is 2.70 bits per heavy atom. The minimum absolute atomic E-state index is 0.262. The van der Waals surface area contributed by atoms with Crippen molar-refractivity contribution < 1.29 is 13.9 Å². The van der Waals surface area contributed by atoms with Crippen LogP contribution in [0.15, 0.2) is 24.3 Å². The van der Waals surface area contributed by atoms with Gasteiger partial charge in [0.25, 0.3) is 0 Å². The van der Waals surface area contributed by atoms with Crippen LogP contribution < -0.4 is 15.4 Å². The van der Waals surface area contributed by atoms with E-state index in [1.54, 1.807) is 7.11 Å². The van der Waals surface area contributed by atoms with Crippen molar-refractivity contribution in [2.75, 3.05) is 7.11 Å². The quantitative estimate of drug-likeness (QED) is 0.889. The van der Waals surface area contributed by atoms with Crippen molar-refractivity contribution in [2.24, 2.45) is 0 Å². The number of benzene rings is 1. The lowest BCUT2D eigenvalue weighted by atomic mass is 9.72. The third-order valence-electron chi connectivity index (χ3n) is 5.18. The number of hydrogen-bond acceptors (Lipinski definition) is 2. The van der Waals surface area contributed by atoms with Crippen molar-refractivity contribution in [1.82, 2.24) is 10.6 Å². The summed E-state index contributed by atoms with van der Waals surface area (Å²) in [5.74, 6) is 0.784. The smallest absolute Gasteiger partial charge is 0.315 e. The second kappa shape index (κ2) is 6.77. The number of carbonyl (C=O) groups is 1. The molecule has 0 aliphatic heterocycles. The van der Waals surface area contributed by atoms with E-state index in [0.29, 0.717) is 6.42 Å². The first-order valence-corrected chi connectivity index (χ1v) is 8.50. The maximum atomic E-state index is 13.9. The summed E-state index contributed by atoms with van der Waals surface area (Å²) in [7, 11) is 1.64. The molecule has 2 aliphatic carbocycles. The SMILES string of the molecule is COc1cccc(C2(NC(=O)N[C@@H]3CCCC[C@H]3F)CCC2)c1. The third kappa shape index (κ3) is 3.43. The second-order valence-electron chi connectivity index (χ2n) is 6.67. The van der Waals surface area contributed by atoms with Gasteiger partial charge in [0.2, 0.25) is 0 Å². The number of halogens is 1. The van der Waals surface area contributed by atoms with Crippen molar-refractivity contribution in [2.45, 2.75) is 62.7 Å². The lowest BCUT2D eigenvalue weighted by Gasteiger charge is -2.43. The first kappa shape index (κ1) is 16.1. The maximum Gasteiger partial charge on any atom is 0.315 e. The highest BCUT2D eigenvalue weighted by molar-refractivity contribution is 5.75. The van der Waals surface area contributed by atoms with Gasteiger partial charge in [0.1, 0.15) is 11.9 Å². The van der Waals surface area contributed by atoms with E-state index in [4.69, 9.17) is 4.74 Å². The Bertz CT molecular complexity index is 560. The first-order chi connectivity index (χ1) is 11.1. The van der Waals surface area contributed by atoms with Crippen molar-refractivity contribution in [1.29, 1.82) is 0 Å². The van der Waals surface area contributed by atoms with E-state index >= 15 is 0 Å². The molecular formula is C18H25FN2O2. The molecule has 0 bridgehead atoms. The van der Waals surface area contributed by atoms with Crippen LogP contribution in [0.25, 0.3) is 0 Å². The molecule has 0 unspecified atom stereocenters. The van der Waals surface area contributed by atoms with Gasteiger partial charge in [0, 0.05) is 0 Å². The molecular weight excluding hydrogens is 295 g/mol. The molecule has 1 aromatic carbocycles. The highest BCUT2D eigenvalue weighted by atomic mass is 19.1. The van der Waals surface area contributed by atoms with E-state index in [9.17, 15) is 9.18 Å². The number of amides is 2. The molecule has 0 radical (unpaired) electrons. The van der Waals surface area contributed by atoms with Gasteiger partial charge in [0.15, 0.2) is 0 Å². The Balaban J connectivity index is 1.67. The maximum absolute atomic E-state index is 13.9. The van der Waals surface area contributed by atoms with Crippen molar-refractivity contribution in [3.8, 4) is 5.75 Å². The lowest BCUT2D eigenvalue weighted by molar-refractivity contribution is 0.157. The molecule has 0 saturated heterocycles. The molecule has 0 aromatic heterocycles. The molecule has 2 atom stereocenters. The van der Waals surface area contributed by atoms with Gasteiger partial charge in [0.05, 0.1) is 18.7 Å². The molecule has 23 heavy (non-hydrogen) atoms. The van der Waals surface area contributed by atoms with Crippen LogP contribution in [0.2, 0.25) is 0 Å². The molecule has 2 aliphatic rings. The molecule has 5 heteroatoms. The third-order valence-corrected chi connectivity index (χ3v) is 5.18. The number of methoxy groups -OCH3 is 1. The number of carbonyl (C=O) groups excluding carboxylic acids is 1. The Kier molecular flexibility index (Phi) is 4.74. The van der Waals surface area contributed by atoms with Crippen LogP contribution in [-0.4, -0.2) is 25.4 Å². The van der Waals surface area contributed by atoms with Crippen molar-refractivity contribution in [3.05, 3.63) is 29.8 Å². The molecule has 0 heterocycles. The Morgan fingerprint density at radius 2 is 2.04 bits per heavy atom. The highest BCUT2D eigenvalue weighted by Gasteiger charge is 2.41. The minimum Gasteiger partial charge on any atom is -0.497 e. The summed E-state index contributed by atoms with van der Waals surface area (Å²) in [5, 5.41) is 5.93. The van der Waals surface area contributed by atoms with Crippen LogP contribution in [0.5, 0.6) is 5.75 Å². The van der Waals surface area contributed by atoms with Crippen LogP contribution in [0.1, 0.15) is 50.5 Å². The van der Waals surface area contributed by atoms with E-state index in [1.165, 1.54) is 0 Å². The van der Waals surface area contributed by atoms with Gasteiger partial charge in [-0.2, -0.15) is 0 Å². The van der Waals surface area contributed by atoms with E-state index in [1.807, 2.05) is 24.3 Å². The fourth-order valence-corrected chi connectivity index (χ4v) is 3.61. The van der Waals surface area contributed by atoms with E-state index in [2.05, 4.69) is 10.6 Å². The van der Waals surface area contributed by atoms with Crippen molar-refractivity contribution in [3.63, 3.8) is 0 Å². The fraction of sp³-hybridized carbons (Fsp3) is 0.611. The van der Waals surface area contributed by atoms with Crippen LogP contribution in [0.4, 0.5) is 9.18 Å². The summed E-state index contributed by atoms with van der Waals surface area (Å²) < 4.78 is 19.2. The topological polar surface area (TPSA) is 50.4 Å². The van der Waals surface area contributed by atoms with Crippen LogP contribution in [0.3, 0.4) is 0 Å². The summed E-state index contributed by atoms with van der Waals surface area (Å²) in [6.07, 6.45) is 5.11. The Labute approximate surface area is 136 Å². The zero-order chi connectivity index (χ0) is 16.3. The number of hydrogen-bond donors (Lipinski definition) is 2. The fourth-order valence-electron chi connectivity index (χ4n) is 3.61. The summed E-state index contributed by atoms with van der Waals surface area (Å²) in [5.41, 5.74) is 0.706. The molecule has 2 fully saturated rings. The average Bonchev–Trinajstić information content (AvgIpc) is 2.53. The van der Waals surface area contributed by atoms with E-state index < -0.39 is 6.17 Å². The Hall–Kier alpha value is -1.78. The molecule has 126 valence electrons. The molecule has 2 amide bonds. The largest absolute Gasteiger partial charge is 0.497 e. The normalized spacial score (nSPS) is 26.0. The molecule has 3 rings (SSSR count). The number of urea groups is 1. The number of rotatable bonds is 4.